The molecule has 0 aromatic rings. The third-order valence-electron chi connectivity index (χ3n) is 2.35. The van der Waals surface area contributed by atoms with E-state index in [1.807, 2.05) is 13.0 Å². The largest absolute Gasteiger partial charge is 0.502 e. The fraction of sp³-hybridized carbons (Fsp3) is 0.846. The molecule has 0 aliphatic carbocycles. The van der Waals surface area contributed by atoms with Crippen LogP contribution < -0.4 is 0 Å². The summed E-state index contributed by atoms with van der Waals surface area (Å²) in [6.07, 6.45) is 14.6. The van der Waals surface area contributed by atoms with Gasteiger partial charge in [0.05, 0.1) is 12.9 Å². The summed E-state index contributed by atoms with van der Waals surface area (Å²) < 4.78 is 5.25. The molecule has 0 heterocycles. The van der Waals surface area contributed by atoms with E-state index in [0.717, 1.165) is 6.61 Å². The average Bonchev–Trinajstić information content (AvgIpc) is 2.21. The second-order valence-electron chi connectivity index (χ2n) is 3.82. The van der Waals surface area contributed by atoms with Crippen molar-refractivity contribution < 1.29 is 4.74 Å². The fourth-order valence-corrected chi connectivity index (χ4v) is 1.48. The Bertz CT molecular complexity index is 118. The van der Waals surface area contributed by atoms with Crippen molar-refractivity contribution in [3.8, 4) is 0 Å². The normalized spacial score (nSPS) is 11.0. The van der Waals surface area contributed by atoms with Crippen LogP contribution in [-0.2, 0) is 4.74 Å². The number of hydrogen-bond donors (Lipinski definition) is 0. The topological polar surface area (TPSA) is 9.23 Å². The van der Waals surface area contributed by atoms with Crippen molar-refractivity contribution in [1.29, 1.82) is 0 Å². The van der Waals surface area contributed by atoms with Crippen LogP contribution in [0.3, 0.4) is 0 Å². The summed E-state index contributed by atoms with van der Waals surface area (Å²) >= 11 is 0. The Labute approximate surface area is 89.5 Å². The van der Waals surface area contributed by atoms with E-state index in [-0.39, 0.29) is 0 Å². The van der Waals surface area contributed by atoms with Crippen LogP contribution in [0.25, 0.3) is 0 Å². The Balaban J connectivity index is 2.85. The van der Waals surface area contributed by atoms with Gasteiger partial charge in [-0.1, -0.05) is 57.9 Å². The van der Waals surface area contributed by atoms with Crippen LogP contribution in [-0.4, -0.2) is 6.61 Å². The second kappa shape index (κ2) is 12.5. The predicted molar refractivity (Wildman–Crippen MR) is 63.4 cm³/mol. The van der Waals surface area contributed by atoms with E-state index in [2.05, 4.69) is 6.92 Å². The summed E-state index contributed by atoms with van der Waals surface area (Å²) in [7, 11) is 0. The van der Waals surface area contributed by atoms with Crippen LogP contribution in [0.1, 0.15) is 65.2 Å². The summed E-state index contributed by atoms with van der Waals surface area (Å²) in [6.45, 7) is 5.13. The van der Waals surface area contributed by atoms with E-state index in [0.29, 0.717) is 0 Å². The molecule has 0 N–H and O–H groups in total. The summed E-state index contributed by atoms with van der Waals surface area (Å²) in [5.74, 6) is 0. The van der Waals surface area contributed by atoms with Crippen LogP contribution in [0, 0.1) is 0 Å². The highest BCUT2D eigenvalue weighted by atomic mass is 16.5. The summed E-state index contributed by atoms with van der Waals surface area (Å²) in [6, 6.07) is 0. The third-order valence-corrected chi connectivity index (χ3v) is 2.35. The van der Waals surface area contributed by atoms with Gasteiger partial charge in [0.1, 0.15) is 0 Å². The number of rotatable bonds is 10. The maximum absolute atomic E-state index is 5.25. The number of allylic oxidation sites excluding steroid dienone is 1. The molecule has 0 aliphatic heterocycles. The molecular formula is C13H26O. The minimum atomic E-state index is 0.888. The van der Waals surface area contributed by atoms with Crippen LogP contribution in [0.4, 0.5) is 0 Å². The summed E-state index contributed by atoms with van der Waals surface area (Å²) in [5.41, 5.74) is 0. The molecule has 14 heavy (non-hydrogen) atoms. The van der Waals surface area contributed by atoms with Gasteiger partial charge >= 0.3 is 0 Å². The van der Waals surface area contributed by atoms with Gasteiger partial charge in [0.15, 0.2) is 0 Å². The third kappa shape index (κ3) is 11.5. The Morgan fingerprint density at radius 1 is 0.857 bits per heavy atom. The Morgan fingerprint density at radius 2 is 1.43 bits per heavy atom. The molecule has 0 spiro atoms. The van der Waals surface area contributed by atoms with Crippen LogP contribution >= 0.6 is 0 Å². The predicted octanol–water partition coefficient (Wildman–Crippen LogP) is 4.68. The van der Waals surface area contributed by atoms with E-state index >= 15 is 0 Å². The lowest BCUT2D eigenvalue weighted by Crippen LogP contribution is -1.87. The van der Waals surface area contributed by atoms with E-state index < -0.39 is 0 Å². The highest BCUT2D eigenvalue weighted by molar-refractivity contribution is 4.64. The van der Waals surface area contributed by atoms with Crippen molar-refractivity contribution in [2.45, 2.75) is 65.2 Å². The van der Waals surface area contributed by atoms with Gasteiger partial charge in [0.25, 0.3) is 0 Å². The molecule has 0 aromatic carbocycles. The molecule has 0 bridgehead atoms. The van der Waals surface area contributed by atoms with Crippen LogP contribution in [0.5, 0.6) is 0 Å². The second-order valence-corrected chi connectivity index (χ2v) is 3.82. The standard InChI is InChI=1S/C13H26O/c1-3-5-6-7-8-9-10-11-13-14-12-4-2/h4,12H,3,5-11,13H2,1-2H3. The first-order valence-electron chi connectivity index (χ1n) is 6.14. The first-order chi connectivity index (χ1) is 6.91. The summed E-state index contributed by atoms with van der Waals surface area (Å²) in [5, 5.41) is 0. The van der Waals surface area contributed by atoms with Crippen molar-refractivity contribution in [3.05, 3.63) is 12.3 Å². The van der Waals surface area contributed by atoms with E-state index in [1.165, 1.54) is 51.4 Å². The van der Waals surface area contributed by atoms with Crippen molar-refractivity contribution in [2.24, 2.45) is 0 Å². The average molecular weight is 198 g/mol. The van der Waals surface area contributed by atoms with Gasteiger partial charge in [-0.25, -0.2) is 0 Å². The molecular weight excluding hydrogens is 172 g/mol. The lowest BCUT2D eigenvalue weighted by molar-refractivity contribution is 0.240. The first kappa shape index (κ1) is 13.5. The van der Waals surface area contributed by atoms with E-state index in [9.17, 15) is 0 Å². The van der Waals surface area contributed by atoms with E-state index in [4.69, 9.17) is 4.74 Å². The minimum Gasteiger partial charge on any atom is -0.502 e. The maximum Gasteiger partial charge on any atom is 0.0873 e. The molecule has 0 radical (unpaired) electrons. The van der Waals surface area contributed by atoms with Gasteiger partial charge in [0.2, 0.25) is 0 Å². The van der Waals surface area contributed by atoms with Crippen molar-refractivity contribution in [2.75, 3.05) is 6.61 Å². The fourth-order valence-electron chi connectivity index (χ4n) is 1.48. The zero-order chi connectivity index (χ0) is 10.5. The van der Waals surface area contributed by atoms with Gasteiger partial charge < -0.3 is 4.74 Å². The highest BCUT2D eigenvalue weighted by Crippen LogP contribution is 2.08. The lowest BCUT2D eigenvalue weighted by atomic mass is 10.1. The molecule has 0 atom stereocenters. The molecule has 1 heteroatoms. The monoisotopic (exact) mass is 198 g/mol. The maximum atomic E-state index is 5.25. The number of hydrogen-bond acceptors (Lipinski definition) is 1. The first-order valence-corrected chi connectivity index (χ1v) is 6.14. The van der Waals surface area contributed by atoms with Crippen molar-refractivity contribution in [3.63, 3.8) is 0 Å². The Hall–Kier alpha value is -0.460. The Morgan fingerprint density at radius 3 is 2.00 bits per heavy atom. The van der Waals surface area contributed by atoms with Crippen molar-refractivity contribution in [1.82, 2.24) is 0 Å². The number of unbranched alkanes of at least 4 members (excludes halogenated alkanes) is 7. The zero-order valence-corrected chi connectivity index (χ0v) is 9.93. The Kier molecular flexibility index (Phi) is 12.1. The smallest absolute Gasteiger partial charge is 0.0873 e. The molecule has 0 rings (SSSR count). The molecule has 84 valence electrons. The van der Waals surface area contributed by atoms with Gasteiger partial charge in [0, 0.05) is 0 Å². The highest BCUT2D eigenvalue weighted by Gasteiger charge is 1.90. The van der Waals surface area contributed by atoms with Gasteiger partial charge in [-0.05, 0) is 13.3 Å². The van der Waals surface area contributed by atoms with Crippen LogP contribution in [0.15, 0.2) is 12.3 Å². The lowest BCUT2D eigenvalue weighted by Gasteiger charge is -2.01. The molecule has 0 aromatic heterocycles. The minimum absolute atomic E-state index is 0.888. The molecule has 0 saturated heterocycles. The molecule has 1 nitrogen and oxygen atoms in total. The van der Waals surface area contributed by atoms with E-state index in [1.54, 1.807) is 6.26 Å². The molecule has 0 amide bonds. The van der Waals surface area contributed by atoms with Crippen LogP contribution in [0.2, 0.25) is 0 Å². The number of ether oxygens (including phenoxy) is 1. The summed E-state index contributed by atoms with van der Waals surface area (Å²) in [4.78, 5) is 0. The zero-order valence-electron chi connectivity index (χ0n) is 9.93. The van der Waals surface area contributed by atoms with Gasteiger partial charge in [-0.15, -0.1) is 0 Å². The molecule has 0 unspecified atom stereocenters. The van der Waals surface area contributed by atoms with Gasteiger partial charge in [-0.2, -0.15) is 0 Å². The molecule has 0 fully saturated rings. The van der Waals surface area contributed by atoms with Gasteiger partial charge in [-0.3, -0.25) is 0 Å². The SMILES string of the molecule is CC=COCCCCCCCCCC. The molecule has 0 aliphatic rings. The van der Waals surface area contributed by atoms with Crippen molar-refractivity contribution >= 4 is 0 Å². The quantitative estimate of drug-likeness (QED) is 0.366. The molecule has 0 saturated carbocycles.